The van der Waals surface area contributed by atoms with Crippen LogP contribution in [-0.4, -0.2) is 76.5 Å². The molecule has 4 bridgehead atoms. The Hall–Kier alpha value is -2.74. The van der Waals surface area contributed by atoms with Crippen LogP contribution in [0.2, 0.25) is 0 Å². The van der Waals surface area contributed by atoms with E-state index >= 15 is 0 Å². The van der Waals surface area contributed by atoms with Crippen molar-refractivity contribution in [1.82, 2.24) is 14.7 Å². The molecule has 144 valence electrons. The first-order valence-electron chi connectivity index (χ1n) is 9.47. The summed E-state index contributed by atoms with van der Waals surface area (Å²) in [6, 6.07) is 14.7. The number of phenolic OH excluding ortho intramolecular Hbond substituents is 2. The molecule has 7 nitrogen and oxygen atoms in total. The van der Waals surface area contributed by atoms with E-state index in [1.807, 2.05) is 18.2 Å². The van der Waals surface area contributed by atoms with E-state index in [0.717, 1.165) is 50.9 Å². The fourth-order valence-corrected chi connectivity index (χ4v) is 4.80. The molecule has 0 radical (unpaired) electrons. The molecule has 0 saturated carbocycles. The van der Waals surface area contributed by atoms with Gasteiger partial charge in [-0.25, -0.2) is 0 Å². The number of aromatic hydroxyl groups is 2. The summed E-state index contributed by atoms with van der Waals surface area (Å²) in [5.41, 5.74) is 2.52. The van der Waals surface area contributed by atoms with Crippen LogP contribution in [0.25, 0.3) is 0 Å². The van der Waals surface area contributed by atoms with Gasteiger partial charge in [-0.1, -0.05) is 30.3 Å². The molecule has 0 atom stereocenters. The molecule has 0 unspecified atom stereocenters. The first kappa shape index (κ1) is 17.4. The number of hydrogen-bond donors (Lipinski definition) is 2. The van der Waals surface area contributed by atoms with E-state index in [1.165, 1.54) is 12.1 Å². The maximum Gasteiger partial charge on any atom is 0.128 e. The van der Waals surface area contributed by atoms with Crippen molar-refractivity contribution in [2.75, 3.05) is 39.6 Å². The molecule has 0 aromatic heterocycles. The third-order valence-corrected chi connectivity index (χ3v) is 5.70. The van der Waals surface area contributed by atoms with Crippen LogP contribution in [0, 0.1) is 5.41 Å². The van der Waals surface area contributed by atoms with Gasteiger partial charge in [0.15, 0.2) is 0 Å². The topological polar surface area (TPSA) is 74.9 Å². The van der Waals surface area contributed by atoms with Crippen LogP contribution < -0.4 is 0 Å². The Bertz CT molecular complexity index is 906. The van der Waals surface area contributed by atoms with Crippen LogP contribution in [0.5, 0.6) is 11.5 Å². The van der Waals surface area contributed by atoms with Crippen molar-refractivity contribution in [2.24, 2.45) is 15.6 Å². The molecule has 4 aliphatic rings. The van der Waals surface area contributed by atoms with Crippen molar-refractivity contribution in [3.05, 3.63) is 59.7 Å². The number of rotatable bonds is 4. The average molecular weight is 377 g/mol. The standard InChI is InChI=1S/C21H23N5O2/c27-18-7-6-17(19(28)8-18)9-22-23-20(16-4-2-1-3-5-16)21-10-24-13-25(11-21)15-26(12-21)14-24/h1-9,27-28H,10-15H2. The Morgan fingerprint density at radius 2 is 1.54 bits per heavy atom. The number of phenols is 2. The lowest BCUT2D eigenvalue weighted by atomic mass is 9.74. The summed E-state index contributed by atoms with van der Waals surface area (Å²) in [7, 11) is 0. The van der Waals surface area contributed by atoms with Crippen molar-refractivity contribution in [3.8, 4) is 11.5 Å². The lowest BCUT2D eigenvalue weighted by Crippen LogP contribution is -2.74. The number of hydrogen-bond acceptors (Lipinski definition) is 7. The highest BCUT2D eigenvalue weighted by molar-refractivity contribution is 6.05. The highest BCUT2D eigenvalue weighted by atomic mass is 16.3. The SMILES string of the molecule is Oc1ccc(C=NN=C(c2ccccc2)C23CN4CN(CN(C4)C2)C3)c(O)c1. The molecule has 2 aromatic carbocycles. The van der Waals surface area contributed by atoms with Gasteiger partial charge in [-0.3, -0.25) is 14.7 Å². The maximum atomic E-state index is 9.98. The highest BCUT2D eigenvalue weighted by Crippen LogP contribution is 2.38. The van der Waals surface area contributed by atoms with E-state index in [-0.39, 0.29) is 16.9 Å². The van der Waals surface area contributed by atoms with Gasteiger partial charge in [0.25, 0.3) is 0 Å². The van der Waals surface area contributed by atoms with E-state index in [2.05, 4.69) is 37.0 Å². The number of nitrogens with zero attached hydrogens (tertiary/aromatic N) is 5. The Labute approximate surface area is 163 Å². The van der Waals surface area contributed by atoms with Gasteiger partial charge in [0, 0.05) is 31.3 Å². The molecular formula is C21H23N5O2. The third-order valence-electron chi connectivity index (χ3n) is 5.70. The average Bonchev–Trinajstić information content (AvgIpc) is 2.66. The Morgan fingerprint density at radius 1 is 0.893 bits per heavy atom. The molecule has 2 N–H and O–H groups in total. The van der Waals surface area contributed by atoms with Gasteiger partial charge in [0.1, 0.15) is 11.5 Å². The minimum absolute atomic E-state index is 0.0154. The lowest BCUT2D eigenvalue weighted by molar-refractivity contribution is -0.149. The van der Waals surface area contributed by atoms with Crippen molar-refractivity contribution in [3.63, 3.8) is 0 Å². The van der Waals surface area contributed by atoms with Crippen LogP contribution in [0.15, 0.2) is 58.7 Å². The third kappa shape index (κ3) is 3.07. The first-order valence-corrected chi connectivity index (χ1v) is 9.47. The molecule has 0 spiro atoms. The van der Waals surface area contributed by atoms with Gasteiger partial charge < -0.3 is 10.2 Å². The maximum absolute atomic E-state index is 9.98. The lowest BCUT2D eigenvalue weighted by Gasteiger charge is -2.60. The van der Waals surface area contributed by atoms with Crippen molar-refractivity contribution >= 4 is 11.9 Å². The Balaban J connectivity index is 1.52. The highest BCUT2D eigenvalue weighted by Gasteiger charge is 2.51. The predicted molar refractivity (Wildman–Crippen MR) is 107 cm³/mol. The predicted octanol–water partition coefficient (Wildman–Crippen LogP) is 1.73. The Morgan fingerprint density at radius 3 is 2.14 bits per heavy atom. The van der Waals surface area contributed by atoms with E-state index in [1.54, 1.807) is 12.3 Å². The minimum Gasteiger partial charge on any atom is -0.508 e. The molecule has 6 rings (SSSR count). The fourth-order valence-electron chi connectivity index (χ4n) is 4.80. The first-order chi connectivity index (χ1) is 13.6. The zero-order valence-corrected chi connectivity index (χ0v) is 15.6. The quantitative estimate of drug-likeness (QED) is 0.627. The van der Waals surface area contributed by atoms with E-state index in [0.29, 0.717) is 5.56 Å². The summed E-state index contributed by atoms with van der Waals surface area (Å²) in [5, 5.41) is 28.4. The summed E-state index contributed by atoms with van der Waals surface area (Å²) in [4.78, 5) is 7.39. The van der Waals surface area contributed by atoms with Gasteiger partial charge in [0.05, 0.1) is 37.3 Å². The van der Waals surface area contributed by atoms with Crippen molar-refractivity contribution in [1.29, 1.82) is 0 Å². The largest absolute Gasteiger partial charge is 0.508 e. The van der Waals surface area contributed by atoms with Gasteiger partial charge in [-0.05, 0) is 17.7 Å². The summed E-state index contributed by atoms with van der Waals surface area (Å²) in [6.45, 7) is 6.00. The smallest absolute Gasteiger partial charge is 0.128 e. The minimum atomic E-state index is -0.0789. The molecule has 4 heterocycles. The van der Waals surface area contributed by atoms with Crippen LogP contribution in [0.1, 0.15) is 11.1 Å². The van der Waals surface area contributed by atoms with Gasteiger partial charge >= 0.3 is 0 Å². The molecule has 0 aliphatic carbocycles. The molecule has 4 saturated heterocycles. The second-order valence-corrected chi connectivity index (χ2v) is 7.99. The number of benzene rings is 2. The second kappa shape index (κ2) is 6.70. The summed E-state index contributed by atoms with van der Waals surface area (Å²) in [6.07, 6.45) is 1.54. The summed E-state index contributed by atoms with van der Waals surface area (Å²) >= 11 is 0. The monoisotopic (exact) mass is 377 g/mol. The summed E-state index contributed by atoms with van der Waals surface area (Å²) in [5.74, 6) is 0.00666. The molecule has 4 fully saturated rings. The normalized spacial score (nSPS) is 31.6. The van der Waals surface area contributed by atoms with Crippen LogP contribution in [0.4, 0.5) is 0 Å². The van der Waals surface area contributed by atoms with Gasteiger partial charge in [-0.15, -0.1) is 0 Å². The van der Waals surface area contributed by atoms with E-state index in [9.17, 15) is 10.2 Å². The molecular weight excluding hydrogens is 354 g/mol. The van der Waals surface area contributed by atoms with Crippen LogP contribution in [-0.2, 0) is 0 Å². The molecule has 0 amide bonds. The zero-order chi connectivity index (χ0) is 19.1. The van der Waals surface area contributed by atoms with Crippen LogP contribution >= 0.6 is 0 Å². The summed E-state index contributed by atoms with van der Waals surface area (Å²) < 4.78 is 0. The van der Waals surface area contributed by atoms with Crippen LogP contribution in [0.3, 0.4) is 0 Å². The molecule has 4 aliphatic heterocycles. The van der Waals surface area contributed by atoms with Crippen molar-refractivity contribution < 1.29 is 10.2 Å². The van der Waals surface area contributed by atoms with E-state index in [4.69, 9.17) is 0 Å². The van der Waals surface area contributed by atoms with Crippen molar-refractivity contribution in [2.45, 2.75) is 0 Å². The van der Waals surface area contributed by atoms with Gasteiger partial charge in [0.2, 0.25) is 0 Å². The van der Waals surface area contributed by atoms with Gasteiger partial charge in [-0.2, -0.15) is 10.2 Å². The van der Waals surface area contributed by atoms with E-state index < -0.39 is 0 Å². The zero-order valence-electron chi connectivity index (χ0n) is 15.6. The molecule has 2 aromatic rings. The Kier molecular flexibility index (Phi) is 4.16. The molecule has 28 heavy (non-hydrogen) atoms. The second-order valence-electron chi connectivity index (χ2n) is 7.99. The fraction of sp³-hybridized carbons (Fsp3) is 0.333. The molecule has 7 heteroatoms.